The van der Waals surface area contributed by atoms with E-state index < -0.39 is 0 Å². The van der Waals surface area contributed by atoms with Gasteiger partial charge in [0.1, 0.15) is 11.2 Å². The highest BCUT2D eigenvalue weighted by atomic mass is 16.3. The standard InChI is InChI=1S/C52H35NO/c1-2-10-36(11-3-1)39-28-30-44(31-29-39)53(46-32-33-50-49-17-6-7-19-51(49)54-52(50)35-46)45-15-8-14-43(34-45)40-22-20-37(21-23-40)38-24-26-42(27-25-38)48-18-9-13-41-12-4-5-16-47(41)48/h1-35H. The lowest BCUT2D eigenvalue weighted by atomic mass is 9.95. The molecule has 0 bridgehead atoms. The number of rotatable bonds is 7. The van der Waals surface area contributed by atoms with Crippen LogP contribution in [0.4, 0.5) is 17.1 Å². The molecule has 1 heterocycles. The maximum Gasteiger partial charge on any atom is 0.137 e. The average Bonchev–Trinajstić information content (AvgIpc) is 3.62. The van der Waals surface area contributed by atoms with Gasteiger partial charge in [0.25, 0.3) is 0 Å². The number of fused-ring (bicyclic) bond motifs is 4. The minimum Gasteiger partial charge on any atom is -0.456 e. The predicted octanol–water partition coefficient (Wildman–Crippen LogP) is 14.9. The van der Waals surface area contributed by atoms with Gasteiger partial charge in [0.2, 0.25) is 0 Å². The van der Waals surface area contributed by atoms with Crippen molar-refractivity contribution in [2.45, 2.75) is 0 Å². The lowest BCUT2D eigenvalue weighted by Crippen LogP contribution is -2.10. The largest absolute Gasteiger partial charge is 0.456 e. The predicted molar refractivity (Wildman–Crippen MR) is 228 cm³/mol. The van der Waals surface area contributed by atoms with E-state index in [0.717, 1.165) is 44.6 Å². The molecular weight excluding hydrogens is 655 g/mol. The maximum absolute atomic E-state index is 6.35. The van der Waals surface area contributed by atoms with Crippen LogP contribution in [0.1, 0.15) is 0 Å². The van der Waals surface area contributed by atoms with Crippen LogP contribution in [0.2, 0.25) is 0 Å². The average molecular weight is 690 g/mol. The molecule has 10 rings (SSSR count). The van der Waals surface area contributed by atoms with E-state index in [2.05, 4.69) is 205 Å². The van der Waals surface area contributed by atoms with Crippen molar-refractivity contribution >= 4 is 49.8 Å². The highest BCUT2D eigenvalue weighted by Gasteiger charge is 2.17. The highest BCUT2D eigenvalue weighted by molar-refractivity contribution is 6.06. The van der Waals surface area contributed by atoms with E-state index in [-0.39, 0.29) is 0 Å². The van der Waals surface area contributed by atoms with Crippen molar-refractivity contribution in [2.75, 3.05) is 4.90 Å². The van der Waals surface area contributed by atoms with E-state index in [1.807, 2.05) is 12.1 Å². The monoisotopic (exact) mass is 689 g/mol. The second-order valence-corrected chi connectivity index (χ2v) is 13.8. The van der Waals surface area contributed by atoms with Crippen molar-refractivity contribution in [1.82, 2.24) is 0 Å². The van der Waals surface area contributed by atoms with Crippen LogP contribution in [0.15, 0.2) is 217 Å². The molecule has 0 spiro atoms. The van der Waals surface area contributed by atoms with Crippen LogP contribution in [0.5, 0.6) is 0 Å². The van der Waals surface area contributed by atoms with Crippen LogP contribution in [0.3, 0.4) is 0 Å². The Kier molecular flexibility index (Phi) is 7.85. The van der Waals surface area contributed by atoms with Crippen molar-refractivity contribution in [1.29, 1.82) is 0 Å². The summed E-state index contributed by atoms with van der Waals surface area (Å²) in [6.07, 6.45) is 0. The second-order valence-electron chi connectivity index (χ2n) is 13.8. The van der Waals surface area contributed by atoms with Crippen molar-refractivity contribution < 1.29 is 4.42 Å². The Labute approximate surface area is 314 Å². The number of para-hydroxylation sites is 1. The zero-order valence-electron chi connectivity index (χ0n) is 29.6. The van der Waals surface area contributed by atoms with Gasteiger partial charge in [0.05, 0.1) is 0 Å². The summed E-state index contributed by atoms with van der Waals surface area (Å²) in [4.78, 5) is 2.32. The Bertz CT molecular complexity index is 2900. The number of nitrogens with zero attached hydrogens (tertiary/aromatic N) is 1. The third kappa shape index (κ3) is 5.81. The zero-order valence-corrected chi connectivity index (χ0v) is 29.6. The summed E-state index contributed by atoms with van der Waals surface area (Å²) in [7, 11) is 0. The number of hydrogen-bond donors (Lipinski definition) is 0. The minimum atomic E-state index is 0.872. The third-order valence-electron chi connectivity index (χ3n) is 10.5. The smallest absolute Gasteiger partial charge is 0.137 e. The number of benzene rings is 9. The molecule has 9 aromatic carbocycles. The van der Waals surface area contributed by atoms with E-state index in [0.29, 0.717) is 0 Å². The van der Waals surface area contributed by atoms with Gasteiger partial charge in [-0.05, 0) is 97.7 Å². The summed E-state index contributed by atoms with van der Waals surface area (Å²) in [5.41, 5.74) is 14.5. The number of furan rings is 1. The molecule has 0 atom stereocenters. The summed E-state index contributed by atoms with van der Waals surface area (Å²) < 4.78 is 6.35. The van der Waals surface area contributed by atoms with Gasteiger partial charge in [0, 0.05) is 33.9 Å². The first kappa shape index (κ1) is 31.6. The van der Waals surface area contributed by atoms with Crippen molar-refractivity contribution in [3.8, 4) is 44.5 Å². The van der Waals surface area contributed by atoms with Gasteiger partial charge in [-0.25, -0.2) is 0 Å². The maximum atomic E-state index is 6.35. The van der Waals surface area contributed by atoms with E-state index in [9.17, 15) is 0 Å². The molecule has 0 N–H and O–H groups in total. The Morgan fingerprint density at radius 2 is 0.778 bits per heavy atom. The normalized spacial score (nSPS) is 11.3. The fraction of sp³-hybridized carbons (Fsp3) is 0. The SMILES string of the molecule is c1ccc(-c2ccc(N(c3cccc(-c4ccc(-c5ccc(-c6cccc7ccccc67)cc5)cc4)c3)c3ccc4c(c3)oc3ccccc34)cc2)cc1. The van der Waals surface area contributed by atoms with Gasteiger partial charge < -0.3 is 9.32 Å². The van der Waals surface area contributed by atoms with Gasteiger partial charge in [-0.3, -0.25) is 0 Å². The van der Waals surface area contributed by atoms with Crippen LogP contribution in [0.25, 0.3) is 77.2 Å². The first-order valence-electron chi connectivity index (χ1n) is 18.4. The Morgan fingerprint density at radius 1 is 0.278 bits per heavy atom. The molecule has 2 nitrogen and oxygen atoms in total. The van der Waals surface area contributed by atoms with Crippen LogP contribution in [0, 0.1) is 0 Å². The van der Waals surface area contributed by atoms with E-state index in [4.69, 9.17) is 4.42 Å². The molecule has 254 valence electrons. The zero-order chi connectivity index (χ0) is 35.8. The molecule has 0 saturated heterocycles. The topological polar surface area (TPSA) is 16.4 Å². The van der Waals surface area contributed by atoms with Gasteiger partial charge >= 0.3 is 0 Å². The van der Waals surface area contributed by atoms with Crippen LogP contribution in [-0.2, 0) is 0 Å². The molecule has 0 radical (unpaired) electrons. The summed E-state index contributed by atoms with van der Waals surface area (Å²) >= 11 is 0. The molecule has 1 aromatic heterocycles. The summed E-state index contributed by atoms with van der Waals surface area (Å²) in [6.45, 7) is 0. The highest BCUT2D eigenvalue weighted by Crippen LogP contribution is 2.40. The van der Waals surface area contributed by atoms with Crippen molar-refractivity contribution in [3.63, 3.8) is 0 Å². The molecule has 0 fully saturated rings. The fourth-order valence-electron chi connectivity index (χ4n) is 7.73. The first-order valence-corrected chi connectivity index (χ1v) is 18.4. The van der Waals surface area contributed by atoms with E-state index in [1.165, 1.54) is 49.7 Å². The lowest BCUT2D eigenvalue weighted by Gasteiger charge is -2.26. The molecule has 10 aromatic rings. The van der Waals surface area contributed by atoms with Gasteiger partial charge in [-0.1, -0.05) is 164 Å². The van der Waals surface area contributed by atoms with Crippen LogP contribution >= 0.6 is 0 Å². The Balaban J connectivity index is 0.988. The van der Waals surface area contributed by atoms with Crippen molar-refractivity contribution in [2.24, 2.45) is 0 Å². The number of hydrogen-bond acceptors (Lipinski definition) is 2. The summed E-state index contributed by atoms with van der Waals surface area (Å²) in [6, 6.07) is 75.9. The molecule has 2 heteroatoms. The summed E-state index contributed by atoms with van der Waals surface area (Å²) in [5, 5.41) is 4.78. The third-order valence-corrected chi connectivity index (χ3v) is 10.5. The van der Waals surface area contributed by atoms with Crippen LogP contribution in [-0.4, -0.2) is 0 Å². The van der Waals surface area contributed by atoms with E-state index >= 15 is 0 Å². The molecule has 0 aliphatic rings. The van der Waals surface area contributed by atoms with Gasteiger partial charge in [0.15, 0.2) is 0 Å². The molecule has 0 unspecified atom stereocenters. The Hall–Kier alpha value is -7.16. The molecule has 0 aliphatic heterocycles. The second kappa shape index (κ2) is 13.4. The van der Waals surface area contributed by atoms with Gasteiger partial charge in [-0.15, -0.1) is 0 Å². The molecular formula is C52H35NO. The molecule has 0 aliphatic carbocycles. The molecule has 0 saturated carbocycles. The minimum absolute atomic E-state index is 0.872. The van der Waals surface area contributed by atoms with Crippen LogP contribution < -0.4 is 4.90 Å². The summed E-state index contributed by atoms with van der Waals surface area (Å²) in [5.74, 6) is 0. The fourth-order valence-corrected chi connectivity index (χ4v) is 7.73. The van der Waals surface area contributed by atoms with Gasteiger partial charge in [-0.2, -0.15) is 0 Å². The van der Waals surface area contributed by atoms with E-state index in [1.54, 1.807) is 0 Å². The molecule has 0 amide bonds. The van der Waals surface area contributed by atoms with Crippen molar-refractivity contribution in [3.05, 3.63) is 212 Å². The lowest BCUT2D eigenvalue weighted by molar-refractivity contribution is 0.669. The number of anilines is 3. The Morgan fingerprint density at radius 3 is 1.54 bits per heavy atom. The molecule has 54 heavy (non-hydrogen) atoms. The quantitative estimate of drug-likeness (QED) is 0.166. The first-order chi connectivity index (χ1) is 26.7.